The van der Waals surface area contributed by atoms with Crippen molar-refractivity contribution in [3.8, 4) is 11.5 Å². The maximum atomic E-state index is 5.39. The van der Waals surface area contributed by atoms with Crippen LogP contribution in [-0.2, 0) is 6.42 Å². The number of nitrogens with zero attached hydrogens (tertiary/aromatic N) is 2. The van der Waals surface area contributed by atoms with E-state index in [1.165, 1.54) is 0 Å². The summed E-state index contributed by atoms with van der Waals surface area (Å²) in [5.74, 6) is 0.701. The van der Waals surface area contributed by atoms with Gasteiger partial charge in [0.05, 0.1) is 5.52 Å². The van der Waals surface area contributed by atoms with Gasteiger partial charge < -0.3 is 4.98 Å². The molecule has 0 aliphatic rings. The lowest BCUT2D eigenvalue weighted by molar-refractivity contribution is 0.983. The molecule has 0 unspecified atom stereocenters. The highest BCUT2D eigenvalue weighted by atomic mass is 79.9. The standard InChI is InChI=1S/C16H14BrN3S/c1-3-11-9(2)18-15(20-16(11)21)14-12(17)8-10-6-4-5-7-13(10)19-14/h4-8H,3H2,1-2H3,(H,18,20,21). The van der Waals surface area contributed by atoms with Crippen molar-refractivity contribution in [2.45, 2.75) is 20.3 Å². The number of hydrogen-bond donors (Lipinski definition) is 1. The van der Waals surface area contributed by atoms with Crippen LogP contribution in [0, 0.1) is 11.6 Å². The maximum absolute atomic E-state index is 5.39. The second kappa shape index (κ2) is 5.66. The molecule has 1 aromatic carbocycles. The number of aryl methyl sites for hydroxylation is 1. The number of para-hydroxylation sites is 1. The molecule has 5 heteroatoms. The first-order valence-corrected chi connectivity index (χ1v) is 7.95. The number of rotatable bonds is 2. The van der Waals surface area contributed by atoms with Crippen molar-refractivity contribution in [3.63, 3.8) is 0 Å². The maximum Gasteiger partial charge on any atom is 0.159 e. The Hall–Kier alpha value is -1.59. The number of benzene rings is 1. The third kappa shape index (κ3) is 2.63. The summed E-state index contributed by atoms with van der Waals surface area (Å²) in [5.41, 5.74) is 3.86. The van der Waals surface area contributed by atoms with Crippen molar-refractivity contribution >= 4 is 39.1 Å². The Labute approximate surface area is 136 Å². The highest BCUT2D eigenvalue weighted by Gasteiger charge is 2.11. The minimum absolute atomic E-state index is 0.644. The molecule has 3 nitrogen and oxygen atoms in total. The van der Waals surface area contributed by atoms with E-state index in [0.29, 0.717) is 10.5 Å². The summed E-state index contributed by atoms with van der Waals surface area (Å²) in [5, 5.41) is 1.09. The summed E-state index contributed by atoms with van der Waals surface area (Å²) >= 11 is 8.97. The van der Waals surface area contributed by atoms with E-state index in [0.717, 1.165) is 38.7 Å². The van der Waals surface area contributed by atoms with Gasteiger partial charge in [0.2, 0.25) is 0 Å². The normalized spacial score (nSPS) is 11.0. The Morgan fingerprint density at radius 2 is 2.00 bits per heavy atom. The van der Waals surface area contributed by atoms with Crippen LogP contribution in [0.2, 0.25) is 0 Å². The summed E-state index contributed by atoms with van der Waals surface area (Å²) in [4.78, 5) is 12.5. The highest BCUT2D eigenvalue weighted by Crippen LogP contribution is 2.28. The number of nitrogens with one attached hydrogen (secondary N) is 1. The number of fused-ring (bicyclic) bond motifs is 1. The molecule has 1 N–H and O–H groups in total. The minimum Gasteiger partial charge on any atom is -0.342 e. The second-order valence-electron chi connectivity index (χ2n) is 4.86. The van der Waals surface area contributed by atoms with Crippen molar-refractivity contribution in [3.05, 3.63) is 50.7 Å². The Morgan fingerprint density at radius 1 is 1.24 bits per heavy atom. The largest absolute Gasteiger partial charge is 0.342 e. The Balaban J connectivity index is 2.25. The number of aromatic amines is 1. The predicted molar refractivity (Wildman–Crippen MR) is 92.0 cm³/mol. The topological polar surface area (TPSA) is 41.6 Å². The van der Waals surface area contributed by atoms with E-state index >= 15 is 0 Å². The molecule has 0 atom stereocenters. The molecule has 2 heterocycles. The van der Waals surface area contributed by atoms with Gasteiger partial charge in [0, 0.05) is 21.1 Å². The van der Waals surface area contributed by atoms with Crippen molar-refractivity contribution < 1.29 is 0 Å². The fourth-order valence-electron chi connectivity index (χ4n) is 2.40. The molecule has 106 valence electrons. The molecule has 0 aliphatic carbocycles. The molecular formula is C16H14BrN3S. The summed E-state index contributed by atoms with van der Waals surface area (Å²) in [7, 11) is 0. The first-order chi connectivity index (χ1) is 10.1. The molecule has 0 radical (unpaired) electrons. The monoisotopic (exact) mass is 359 g/mol. The van der Waals surface area contributed by atoms with E-state index < -0.39 is 0 Å². The van der Waals surface area contributed by atoms with Gasteiger partial charge >= 0.3 is 0 Å². The van der Waals surface area contributed by atoms with Crippen LogP contribution in [0.3, 0.4) is 0 Å². The number of pyridine rings is 1. The number of halogens is 1. The quantitative estimate of drug-likeness (QED) is 0.655. The molecule has 0 bridgehead atoms. The first kappa shape index (κ1) is 14.4. The van der Waals surface area contributed by atoms with Gasteiger partial charge in [-0.3, -0.25) is 0 Å². The predicted octanol–water partition coefficient (Wildman–Crippen LogP) is 4.99. The SMILES string of the molecule is CCc1c(C)[nH]c(-c2nc3ccccc3cc2Br)nc1=S. The molecule has 3 aromatic rings. The third-order valence-electron chi connectivity index (χ3n) is 3.49. The van der Waals surface area contributed by atoms with Gasteiger partial charge in [-0.15, -0.1) is 0 Å². The van der Waals surface area contributed by atoms with Crippen LogP contribution in [0.4, 0.5) is 0 Å². The van der Waals surface area contributed by atoms with Crippen molar-refractivity contribution in [1.82, 2.24) is 15.0 Å². The van der Waals surface area contributed by atoms with E-state index in [4.69, 9.17) is 17.2 Å². The average Bonchev–Trinajstić information content (AvgIpc) is 2.46. The van der Waals surface area contributed by atoms with Crippen LogP contribution in [0.25, 0.3) is 22.4 Å². The lowest BCUT2D eigenvalue weighted by Crippen LogP contribution is -2.01. The number of aromatic nitrogens is 3. The fourth-order valence-corrected chi connectivity index (χ4v) is 3.31. The summed E-state index contributed by atoms with van der Waals surface area (Å²) < 4.78 is 1.55. The molecule has 21 heavy (non-hydrogen) atoms. The molecule has 0 spiro atoms. The number of H-pyrrole nitrogens is 1. The van der Waals surface area contributed by atoms with Crippen molar-refractivity contribution in [1.29, 1.82) is 0 Å². The summed E-state index contributed by atoms with van der Waals surface area (Å²) in [6.45, 7) is 4.10. The molecule has 0 amide bonds. The molecular weight excluding hydrogens is 346 g/mol. The lowest BCUT2D eigenvalue weighted by Gasteiger charge is -2.09. The third-order valence-corrected chi connectivity index (χ3v) is 4.43. The first-order valence-electron chi connectivity index (χ1n) is 6.75. The van der Waals surface area contributed by atoms with Gasteiger partial charge in [-0.25, -0.2) is 9.97 Å². The smallest absolute Gasteiger partial charge is 0.159 e. The minimum atomic E-state index is 0.644. The average molecular weight is 360 g/mol. The molecule has 0 saturated heterocycles. The van der Waals surface area contributed by atoms with Gasteiger partial charge in [-0.2, -0.15) is 0 Å². The van der Waals surface area contributed by atoms with Crippen LogP contribution < -0.4 is 0 Å². The van der Waals surface area contributed by atoms with Gasteiger partial charge in [-0.05, 0) is 41.4 Å². The summed E-state index contributed by atoms with van der Waals surface area (Å²) in [6.07, 6.45) is 0.876. The molecule has 3 rings (SSSR count). The summed E-state index contributed by atoms with van der Waals surface area (Å²) in [6, 6.07) is 10.1. The van der Waals surface area contributed by atoms with Crippen molar-refractivity contribution in [2.24, 2.45) is 0 Å². The van der Waals surface area contributed by atoms with E-state index in [1.807, 2.05) is 31.2 Å². The zero-order valence-corrected chi connectivity index (χ0v) is 14.2. The van der Waals surface area contributed by atoms with Crippen LogP contribution in [-0.4, -0.2) is 15.0 Å². The van der Waals surface area contributed by atoms with Gasteiger partial charge in [0.15, 0.2) is 5.82 Å². The van der Waals surface area contributed by atoms with E-state index in [9.17, 15) is 0 Å². The molecule has 0 fully saturated rings. The van der Waals surface area contributed by atoms with Gasteiger partial charge in [0.1, 0.15) is 10.3 Å². The van der Waals surface area contributed by atoms with Gasteiger partial charge in [0.25, 0.3) is 0 Å². The fraction of sp³-hybridized carbons (Fsp3) is 0.188. The Morgan fingerprint density at radius 3 is 2.71 bits per heavy atom. The molecule has 0 aliphatic heterocycles. The Kier molecular flexibility index (Phi) is 3.87. The molecule has 2 aromatic heterocycles. The molecule has 0 saturated carbocycles. The van der Waals surface area contributed by atoms with Crippen molar-refractivity contribution in [2.75, 3.05) is 0 Å². The van der Waals surface area contributed by atoms with Crippen LogP contribution in [0.5, 0.6) is 0 Å². The zero-order chi connectivity index (χ0) is 15.0. The Bertz CT molecular complexity index is 886. The van der Waals surface area contributed by atoms with Gasteiger partial charge in [-0.1, -0.05) is 37.3 Å². The zero-order valence-electron chi connectivity index (χ0n) is 11.8. The lowest BCUT2D eigenvalue weighted by atomic mass is 10.1. The number of hydrogen-bond acceptors (Lipinski definition) is 3. The van der Waals surface area contributed by atoms with Crippen LogP contribution in [0.1, 0.15) is 18.2 Å². The highest BCUT2D eigenvalue weighted by molar-refractivity contribution is 9.10. The van der Waals surface area contributed by atoms with E-state index in [2.05, 4.69) is 38.9 Å². The second-order valence-corrected chi connectivity index (χ2v) is 6.10. The van der Waals surface area contributed by atoms with E-state index in [-0.39, 0.29) is 0 Å². The van der Waals surface area contributed by atoms with E-state index in [1.54, 1.807) is 0 Å². The van der Waals surface area contributed by atoms with Crippen LogP contribution >= 0.6 is 28.1 Å². The van der Waals surface area contributed by atoms with Crippen LogP contribution in [0.15, 0.2) is 34.8 Å².